The molecule has 1 aromatic rings. The molecule has 7 nitrogen and oxygen atoms in total. The summed E-state index contributed by atoms with van der Waals surface area (Å²) in [5.41, 5.74) is -0.186. The van der Waals surface area contributed by atoms with Crippen LogP contribution in [0.2, 0.25) is 0 Å². The molecule has 0 saturated carbocycles. The average molecular weight is 353 g/mol. The average Bonchev–Trinajstić information content (AvgIpc) is 3.05. The predicted molar refractivity (Wildman–Crippen MR) is 91.4 cm³/mol. The quantitative estimate of drug-likeness (QED) is 0.853. The minimum atomic E-state index is -1.18. The second-order valence-corrected chi connectivity index (χ2v) is 7.56. The van der Waals surface area contributed by atoms with Crippen LogP contribution < -0.4 is 5.32 Å². The maximum atomic E-state index is 12.7. The van der Waals surface area contributed by atoms with Crippen LogP contribution in [0.3, 0.4) is 0 Å². The minimum Gasteiger partial charge on any atom is -0.444 e. The van der Waals surface area contributed by atoms with Gasteiger partial charge in [-0.25, -0.2) is 4.79 Å². The van der Waals surface area contributed by atoms with Crippen molar-refractivity contribution in [3.8, 4) is 0 Å². The van der Waals surface area contributed by atoms with Gasteiger partial charge in [-0.1, -0.05) is 0 Å². The lowest BCUT2D eigenvalue weighted by Gasteiger charge is -2.28. The van der Waals surface area contributed by atoms with E-state index >= 15 is 0 Å². The lowest BCUT2D eigenvalue weighted by Crippen LogP contribution is -2.52. The lowest BCUT2D eigenvalue weighted by atomic mass is 10.0. The zero-order chi connectivity index (χ0) is 17.7. The number of rotatable bonds is 4. The van der Waals surface area contributed by atoms with E-state index in [1.54, 1.807) is 49.6 Å². The molecule has 2 amide bonds. The van der Waals surface area contributed by atoms with E-state index in [2.05, 4.69) is 10.3 Å². The highest BCUT2D eigenvalue weighted by atomic mass is 32.2. The number of hydrogen-bond acceptors (Lipinski definition) is 6. The van der Waals surface area contributed by atoms with Crippen LogP contribution in [0, 0.1) is 0 Å². The largest absolute Gasteiger partial charge is 0.444 e. The van der Waals surface area contributed by atoms with E-state index in [1.807, 2.05) is 0 Å². The number of amides is 2. The van der Waals surface area contributed by atoms with E-state index in [4.69, 9.17) is 4.74 Å². The van der Waals surface area contributed by atoms with Crippen LogP contribution in [-0.4, -0.2) is 56.8 Å². The highest BCUT2D eigenvalue weighted by molar-refractivity contribution is 7.99. The molecule has 0 aromatic carbocycles. The summed E-state index contributed by atoms with van der Waals surface area (Å²) in [6.07, 6.45) is 1.14. The van der Waals surface area contributed by atoms with Crippen molar-refractivity contribution in [3.05, 3.63) is 30.1 Å². The molecule has 0 radical (unpaired) electrons. The molecule has 1 aliphatic heterocycles. The second kappa shape index (κ2) is 7.85. The number of pyridine rings is 1. The second-order valence-electron chi connectivity index (χ2n) is 6.49. The number of aromatic nitrogens is 1. The third-order valence-electron chi connectivity index (χ3n) is 3.37. The van der Waals surface area contributed by atoms with E-state index in [0.29, 0.717) is 18.0 Å². The number of nitrogens with one attached hydrogen (secondary N) is 1. The Balaban J connectivity index is 2.17. The van der Waals surface area contributed by atoms with Gasteiger partial charge in [0.05, 0.1) is 5.88 Å². The molecule has 1 saturated heterocycles. The van der Waals surface area contributed by atoms with Gasteiger partial charge in [0.15, 0.2) is 0 Å². The third-order valence-corrected chi connectivity index (χ3v) is 4.33. The summed E-state index contributed by atoms with van der Waals surface area (Å²) in [4.78, 5) is 30.3. The Morgan fingerprint density at radius 1 is 1.38 bits per heavy atom. The maximum absolute atomic E-state index is 12.7. The molecule has 0 bridgehead atoms. The molecule has 132 valence electrons. The van der Waals surface area contributed by atoms with E-state index in [0.717, 1.165) is 5.75 Å². The van der Waals surface area contributed by atoms with Gasteiger partial charge in [-0.15, -0.1) is 11.8 Å². The number of ether oxygens (including phenoxy) is 1. The van der Waals surface area contributed by atoms with E-state index in [9.17, 15) is 14.7 Å². The van der Waals surface area contributed by atoms with Gasteiger partial charge < -0.3 is 20.1 Å². The zero-order valence-corrected chi connectivity index (χ0v) is 14.9. The first-order valence-electron chi connectivity index (χ1n) is 7.72. The Kier molecular flexibility index (Phi) is 6.06. The van der Waals surface area contributed by atoms with Crippen LogP contribution in [0.4, 0.5) is 4.79 Å². The molecular formula is C16H23N3O4S. The first-order chi connectivity index (χ1) is 11.3. The lowest BCUT2D eigenvalue weighted by molar-refractivity contribution is -0.135. The fourth-order valence-corrected chi connectivity index (χ4v) is 3.20. The Morgan fingerprint density at radius 3 is 2.58 bits per heavy atom. The SMILES string of the molecule is CC(C)(C)OC(=O)N[C@@H](C(=O)N1CCSC1)[C@@H](O)c1ccncc1. The summed E-state index contributed by atoms with van der Waals surface area (Å²) >= 11 is 1.63. The van der Waals surface area contributed by atoms with Crippen molar-refractivity contribution < 1.29 is 19.4 Å². The standard InChI is InChI=1S/C16H23N3O4S/c1-16(2,3)23-15(22)18-12(14(21)19-8-9-24-10-19)13(20)11-4-6-17-7-5-11/h4-7,12-13,20H,8-10H2,1-3H3,(H,18,22)/t12-,13+/m1/s1. The van der Waals surface area contributed by atoms with Crippen LogP contribution >= 0.6 is 11.8 Å². The number of carbonyl (C=O) groups is 2. The summed E-state index contributed by atoms with van der Waals surface area (Å²) in [7, 11) is 0. The molecule has 0 aliphatic carbocycles. The molecule has 1 fully saturated rings. The summed E-state index contributed by atoms with van der Waals surface area (Å²) < 4.78 is 5.22. The molecule has 2 N–H and O–H groups in total. The van der Waals surface area contributed by atoms with Crippen molar-refractivity contribution in [2.75, 3.05) is 18.2 Å². The van der Waals surface area contributed by atoms with Crippen LogP contribution in [-0.2, 0) is 9.53 Å². The van der Waals surface area contributed by atoms with Gasteiger partial charge in [0, 0.05) is 24.7 Å². The molecule has 2 atom stereocenters. The first-order valence-corrected chi connectivity index (χ1v) is 8.87. The Morgan fingerprint density at radius 2 is 2.04 bits per heavy atom. The molecule has 1 aliphatic rings. The number of alkyl carbamates (subject to hydrolysis) is 1. The van der Waals surface area contributed by atoms with Crippen molar-refractivity contribution in [2.24, 2.45) is 0 Å². The highest BCUT2D eigenvalue weighted by Crippen LogP contribution is 2.22. The normalized spacial score (nSPS) is 17.2. The van der Waals surface area contributed by atoms with Gasteiger partial charge in [-0.3, -0.25) is 9.78 Å². The van der Waals surface area contributed by atoms with Gasteiger partial charge >= 0.3 is 6.09 Å². The first kappa shape index (κ1) is 18.5. The van der Waals surface area contributed by atoms with Gasteiger partial charge in [0.1, 0.15) is 17.7 Å². The Labute approximate surface area is 145 Å². The van der Waals surface area contributed by atoms with Crippen LogP contribution in [0.25, 0.3) is 0 Å². The number of carbonyl (C=O) groups excluding carboxylic acids is 2. The minimum absolute atomic E-state index is 0.324. The smallest absolute Gasteiger partial charge is 0.408 e. The van der Waals surface area contributed by atoms with E-state index in [1.165, 1.54) is 12.4 Å². The summed E-state index contributed by atoms with van der Waals surface area (Å²) in [5.74, 6) is 1.07. The molecule has 24 heavy (non-hydrogen) atoms. The number of nitrogens with zero attached hydrogens (tertiary/aromatic N) is 2. The summed E-state index contributed by atoms with van der Waals surface area (Å²) in [6, 6.07) is 2.11. The van der Waals surface area contributed by atoms with Crippen molar-refractivity contribution in [3.63, 3.8) is 0 Å². The number of aliphatic hydroxyl groups is 1. The van der Waals surface area contributed by atoms with Gasteiger partial charge in [-0.2, -0.15) is 0 Å². The van der Waals surface area contributed by atoms with Crippen molar-refractivity contribution in [1.29, 1.82) is 0 Å². The molecule has 8 heteroatoms. The van der Waals surface area contributed by atoms with Crippen molar-refractivity contribution in [2.45, 2.75) is 38.5 Å². The van der Waals surface area contributed by atoms with Crippen LogP contribution in [0.15, 0.2) is 24.5 Å². The number of thioether (sulfide) groups is 1. The molecule has 1 aromatic heterocycles. The summed E-state index contributed by atoms with van der Waals surface area (Å²) in [5, 5.41) is 13.1. The molecule has 2 heterocycles. The van der Waals surface area contributed by atoms with Crippen LogP contribution in [0.5, 0.6) is 0 Å². The van der Waals surface area contributed by atoms with Gasteiger partial charge in [0.2, 0.25) is 5.91 Å². The summed E-state index contributed by atoms with van der Waals surface area (Å²) in [6.45, 7) is 5.80. The molecule has 2 rings (SSSR count). The highest BCUT2D eigenvalue weighted by Gasteiger charge is 2.35. The van der Waals surface area contributed by atoms with Crippen molar-refractivity contribution in [1.82, 2.24) is 15.2 Å². The molecular weight excluding hydrogens is 330 g/mol. The van der Waals surface area contributed by atoms with Crippen molar-refractivity contribution >= 4 is 23.8 Å². The van der Waals surface area contributed by atoms with E-state index in [-0.39, 0.29) is 5.91 Å². The van der Waals surface area contributed by atoms with E-state index < -0.39 is 23.8 Å². The topological polar surface area (TPSA) is 91.8 Å². The Hall–Kier alpha value is -1.80. The third kappa shape index (κ3) is 5.10. The zero-order valence-electron chi connectivity index (χ0n) is 14.1. The molecule has 0 spiro atoms. The monoisotopic (exact) mass is 353 g/mol. The molecule has 0 unspecified atom stereocenters. The fourth-order valence-electron chi connectivity index (χ4n) is 2.25. The Bertz CT molecular complexity index is 570. The number of aliphatic hydroxyl groups excluding tert-OH is 1. The number of hydrogen-bond donors (Lipinski definition) is 2. The predicted octanol–water partition coefficient (Wildman–Crippen LogP) is 1.54. The fraction of sp³-hybridized carbons (Fsp3) is 0.562. The maximum Gasteiger partial charge on any atom is 0.408 e. The van der Waals surface area contributed by atoms with Crippen LogP contribution in [0.1, 0.15) is 32.4 Å². The van der Waals surface area contributed by atoms with Gasteiger partial charge in [0.25, 0.3) is 0 Å². The van der Waals surface area contributed by atoms with Gasteiger partial charge in [-0.05, 0) is 38.5 Å².